The van der Waals surface area contributed by atoms with Crippen molar-refractivity contribution < 1.29 is 4.57 Å². The Balaban J connectivity index is 1.34. The van der Waals surface area contributed by atoms with Gasteiger partial charge in [-0.05, 0) is 100 Å². The summed E-state index contributed by atoms with van der Waals surface area (Å²) in [5.74, 6) is 1.36. The fourth-order valence-electron chi connectivity index (χ4n) is 8.32. The van der Waals surface area contributed by atoms with E-state index in [1.807, 2.05) is 0 Å². The van der Waals surface area contributed by atoms with E-state index in [0.29, 0.717) is 17.8 Å². The number of aromatic nitrogens is 1. The van der Waals surface area contributed by atoms with Crippen LogP contribution in [0.25, 0.3) is 23.4 Å². The zero-order chi connectivity index (χ0) is 25.5. The molecule has 5 aliphatic carbocycles. The maximum Gasteiger partial charge on any atom is 0.212 e. The lowest BCUT2D eigenvalue weighted by molar-refractivity contribution is -0.660. The van der Waals surface area contributed by atoms with Crippen LogP contribution in [-0.2, 0) is 7.05 Å². The second-order valence-corrected chi connectivity index (χ2v) is 12.3. The number of fused-ring (bicyclic) bond motifs is 1. The summed E-state index contributed by atoms with van der Waals surface area (Å²) in [6.07, 6.45) is 15.1. The van der Waals surface area contributed by atoms with Crippen molar-refractivity contribution in [3.8, 4) is 11.3 Å². The van der Waals surface area contributed by atoms with Crippen LogP contribution in [-0.4, -0.2) is 0 Å². The van der Waals surface area contributed by atoms with E-state index in [-0.39, 0.29) is 0 Å². The lowest BCUT2D eigenvalue weighted by atomic mass is 9.60. The Morgan fingerprint density at radius 3 is 1.89 bits per heavy atom. The fourth-order valence-corrected chi connectivity index (χ4v) is 8.32. The minimum atomic E-state index is 0.313. The Hall–Kier alpha value is -3.45. The molecule has 38 heavy (non-hydrogen) atoms. The molecule has 2 atom stereocenters. The standard InChI is InChI=1S/C37H36N/c1-22-16-31-34(19-30(22)35-20-29(23(2)21-38(35)3)24-10-5-4-6-11-24)37-28-15-8-7-14-27(28)36(31)32-17-25-12-9-13-26(25)18-33(32)37/h7-8,12-21,24,36-37H,4-6,9-11H2,1-3H3/q+1. The third-order valence-corrected chi connectivity index (χ3v) is 10.1. The van der Waals surface area contributed by atoms with E-state index in [9.17, 15) is 0 Å². The van der Waals surface area contributed by atoms with E-state index in [0.717, 1.165) is 6.42 Å². The predicted molar refractivity (Wildman–Crippen MR) is 156 cm³/mol. The first kappa shape index (κ1) is 22.5. The van der Waals surface area contributed by atoms with Gasteiger partial charge in [-0.1, -0.05) is 73.9 Å². The van der Waals surface area contributed by atoms with Crippen LogP contribution in [0.15, 0.2) is 60.8 Å². The van der Waals surface area contributed by atoms with Gasteiger partial charge in [-0.2, -0.15) is 0 Å². The second-order valence-electron chi connectivity index (χ2n) is 12.3. The van der Waals surface area contributed by atoms with Crippen molar-refractivity contribution in [2.24, 2.45) is 7.05 Å². The summed E-state index contributed by atoms with van der Waals surface area (Å²) in [6, 6.07) is 21.9. The zero-order valence-electron chi connectivity index (χ0n) is 22.9. The Bertz CT molecular complexity index is 1770. The van der Waals surface area contributed by atoms with E-state index >= 15 is 0 Å². The summed E-state index contributed by atoms with van der Waals surface area (Å²) >= 11 is 0. The van der Waals surface area contributed by atoms with Crippen molar-refractivity contribution in [3.05, 3.63) is 121 Å². The number of rotatable bonds is 2. The van der Waals surface area contributed by atoms with E-state index in [1.54, 1.807) is 5.56 Å². The molecule has 1 heterocycles. The van der Waals surface area contributed by atoms with Crippen LogP contribution in [0.4, 0.5) is 0 Å². The molecular weight excluding hydrogens is 458 g/mol. The van der Waals surface area contributed by atoms with Gasteiger partial charge in [-0.3, -0.25) is 0 Å². The lowest BCUT2D eigenvalue weighted by Crippen LogP contribution is -2.34. The van der Waals surface area contributed by atoms with Crippen LogP contribution >= 0.6 is 0 Å². The van der Waals surface area contributed by atoms with E-state index in [4.69, 9.17) is 0 Å². The monoisotopic (exact) mass is 494 g/mol. The molecule has 0 aliphatic heterocycles. The first-order valence-electron chi connectivity index (χ1n) is 14.7. The molecule has 1 heteroatoms. The first-order chi connectivity index (χ1) is 18.6. The van der Waals surface area contributed by atoms with Crippen molar-refractivity contribution in [1.82, 2.24) is 0 Å². The fraction of sp³-hybridized carbons (Fsp3) is 0.324. The smallest absolute Gasteiger partial charge is 0.201 e. The molecule has 0 radical (unpaired) electrons. The van der Waals surface area contributed by atoms with Gasteiger partial charge in [0.2, 0.25) is 5.69 Å². The molecule has 5 aliphatic rings. The van der Waals surface area contributed by atoms with Crippen LogP contribution in [0, 0.1) is 13.8 Å². The third-order valence-electron chi connectivity index (χ3n) is 10.1. The average Bonchev–Trinajstić information content (AvgIpc) is 3.39. The van der Waals surface area contributed by atoms with Gasteiger partial charge in [0.15, 0.2) is 6.20 Å². The second kappa shape index (κ2) is 8.27. The largest absolute Gasteiger partial charge is 0.212 e. The molecule has 0 amide bonds. The van der Waals surface area contributed by atoms with Gasteiger partial charge in [0.05, 0.1) is 0 Å². The minimum Gasteiger partial charge on any atom is -0.201 e. The molecule has 188 valence electrons. The highest BCUT2D eigenvalue weighted by molar-refractivity contribution is 5.74. The van der Waals surface area contributed by atoms with Crippen LogP contribution in [0.1, 0.15) is 106 Å². The van der Waals surface area contributed by atoms with Crippen LogP contribution in [0.3, 0.4) is 0 Å². The zero-order valence-corrected chi connectivity index (χ0v) is 22.9. The summed E-state index contributed by atoms with van der Waals surface area (Å²) in [4.78, 5) is 0. The number of nitrogens with zero attached hydrogens (tertiary/aromatic N) is 1. The molecule has 4 aromatic rings. The van der Waals surface area contributed by atoms with E-state index in [2.05, 4.69) is 98.4 Å². The lowest BCUT2D eigenvalue weighted by Gasteiger charge is -2.42. The molecule has 1 fully saturated rings. The topological polar surface area (TPSA) is 3.88 Å². The molecule has 0 saturated heterocycles. The van der Waals surface area contributed by atoms with Crippen molar-refractivity contribution >= 4 is 12.2 Å². The highest BCUT2D eigenvalue weighted by Gasteiger charge is 2.42. The molecular formula is C37H36N+. The summed E-state index contributed by atoms with van der Waals surface area (Å²) in [5, 5.41) is 2.84. The Labute approximate surface area is 226 Å². The SMILES string of the molecule is Cc1cc2c(cc1-c1cc(C3CCCCC3)c(C)c[n+]1C)C1c3ccccc3C2c2cc3c(cc21)=CCC=3. The Kier molecular flexibility index (Phi) is 4.90. The van der Waals surface area contributed by atoms with Gasteiger partial charge >= 0.3 is 0 Å². The van der Waals surface area contributed by atoms with Gasteiger partial charge in [0.1, 0.15) is 7.05 Å². The van der Waals surface area contributed by atoms with Gasteiger partial charge in [-0.15, -0.1) is 0 Å². The Morgan fingerprint density at radius 1 is 0.632 bits per heavy atom. The molecule has 2 bridgehead atoms. The third kappa shape index (κ3) is 3.14. The maximum atomic E-state index is 2.57. The van der Waals surface area contributed by atoms with Crippen molar-refractivity contribution in [1.29, 1.82) is 0 Å². The van der Waals surface area contributed by atoms with Gasteiger partial charge in [0.25, 0.3) is 0 Å². The molecule has 2 unspecified atom stereocenters. The van der Waals surface area contributed by atoms with E-state index in [1.165, 1.54) is 98.3 Å². The predicted octanol–water partition coefficient (Wildman–Crippen LogP) is 6.79. The summed E-state index contributed by atoms with van der Waals surface area (Å²) in [5.41, 5.74) is 16.3. The summed E-state index contributed by atoms with van der Waals surface area (Å²) < 4.78 is 2.37. The molecule has 1 saturated carbocycles. The van der Waals surface area contributed by atoms with E-state index < -0.39 is 0 Å². The van der Waals surface area contributed by atoms with Crippen LogP contribution < -0.4 is 15.0 Å². The van der Waals surface area contributed by atoms with Crippen LogP contribution in [0.5, 0.6) is 0 Å². The molecule has 1 aromatic heterocycles. The maximum absolute atomic E-state index is 2.57. The molecule has 1 nitrogen and oxygen atoms in total. The summed E-state index contributed by atoms with van der Waals surface area (Å²) in [7, 11) is 2.23. The highest BCUT2D eigenvalue weighted by atomic mass is 14.9. The van der Waals surface area contributed by atoms with Gasteiger partial charge in [0, 0.05) is 29.0 Å². The minimum absolute atomic E-state index is 0.313. The number of benzene rings is 3. The molecule has 0 N–H and O–H groups in total. The number of hydrogen-bond acceptors (Lipinski definition) is 0. The van der Waals surface area contributed by atoms with Crippen molar-refractivity contribution in [3.63, 3.8) is 0 Å². The van der Waals surface area contributed by atoms with Crippen LogP contribution in [0.2, 0.25) is 0 Å². The number of hydrogen-bond donors (Lipinski definition) is 0. The van der Waals surface area contributed by atoms with Gasteiger partial charge in [-0.25, -0.2) is 4.57 Å². The molecule has 9 rings (SSSR count). The normalized spacial score (nSPS) is 20.7. The quantitative estimate of drug-likeness (QED) is 0.233. The summed E-state index contributed by atoms with van der Waals surface area (Å²) in [6.45, 7) is 4.64. The number of aryl methyl sites for hydroxylation is 3. The number of pyridine rings is 1. The average molecular weight is 495 g/mol. The first-order valence-corrected chi connectivity index (χ1v) is 14.7. The van der Waals surface area contributed by atoms with Crippen molar-refractivity contribution in [2.45, 2.75) is 70.1 Å². The van der Waals surface area contributed by atoms with Gasteiger partial charge < -0.3 is 0 Å². The molecule has 3 aromatic carbocycles. The van der Waals surface area contributed by atoms with Crippen molar-refractivity contribution in [2.75, 3.05) is 0 Å². The molecule has 0 spiro atoms. The highest BCUT2D eigenvalue weighted by Crippen LogP contribution is 2.56. The Morgan fingerprint density at radius 2 is 1.24 bits per heavy atom.